The third kappa shape index (κ3) is 3.30. The van der Waals surface area contributed by atoms with Gasteiger partial charge in [-0.25, -0.2) is 9.98 Å². The van der Waals surface area contributed by atoms with Gasteiger partial charge in [0.25, 0.3) is 11.5 Å². The average Bonchev–Trinajstić information content (AvgIpc) is 2.63. The second kappa shape index (κ2) is 7.10. The van der Waals surface area contributed by atoms with Crippen molar-refractivity contribution >= 4 is 34.3 Å². The van der Waals surface area contributed by atoms with Gasteiger partial charge >= 0.3 is 0 Å². The van der Waals surface area contributed by atoms with Crippen LogP contribution in [0.3, 0.4) is 0 Å². The summed E-state index contributed by atoms with van der Waals surface area (Å²) in [4.78, 5) is 25.0. The number of fused-ring (bicyclic) bond motifs is 1. The van der Waals surface area contributed by atoms with Crippen molar-refractivity contribution in [3.63, 3.8) is 0 Å². The summed E-state index contributed by atoms with van der Waals surface area (Å²) in [6.07, 6.45) is 1.54. The van der Waals surface area contributed by atoms with E-state index in [0.29, 0.717) is 27.2 Å². The lowest BCUT2D eigenvalue weighted by Gasteiger charge is -2.09. The van der Waals surface area contributed by atoms with E-state index in [1.54, 1.807) is 31.3 Å². The monoisotopic (exact) mass is 358 g/mol. The Balaban J connectivity index is 2.21. The number of hydrogen-bond acceptors (Lipinski definition) is 6. The molecule has 128 valence electrons. The third-order valence-corrected chi connectivity index (χ3v) is 4.05. The maximum atomic E-state index is 12.7. The fraction of sp³-hybridized carbons (Fsp3) is 0.176. The van der Waals surface area contributed by atoms with E-state index in [1.807, 2.05) is 6.07 Å². The van der Waals surface area contributed by atoms with Gasteiger partial charge in [0.1, 0.15) is 5.65 Å². The van der Waals surface area contributed by atoms with Gasteiger partial charge < -0.3 is 10.2 Å². The maximum Gasteiger partial charge on any atom is 0.259 e. The molecule has 7 nitrogen and oxygen atoms in total. The fourth-order valence-corrected chi connectivity index (χ4v) is 2.66. The van der Waals surface area contributed by atoms with Gasteiger partial charge in [-0.3, -0.25) is 9.36 Å². The number of aliphatic hydroxyl groups is 2. The van der Waals surface area contributed by atoms with Crippen molar-refractivity contribution in [2.24, 2.45) is 12.0 Å². The SMILES string of the molecule is Cn1c(=O)c(-c2ccccc2Cl)cc2cnc(N=C(CO)CO)nc21. The summed E-state index contributed by atoms with van der Waals surface area (Å²) in [5, 5.41) is 19.3. The Bertz CT molecular complexity index is 1020. The summed E-state index contributed by atoms with van der Waals surface area (Å²) in [5.74, 6) is 0.0612. The number of aryl methyl sites for hydroxylation is 1. The van der Waals surface area contributed by atoms with E-state index in [0.717, 1.165) is 0 Å². The molecule has 0 bridgehead atoms. The first-order chi connectivity index (χ1) is 12.0. The van der Waals surface area contributed by atoms with E-state index in [9.17, 15) is 4.79 Å². The first kappa shape index (κ1) is 17.2. The number of benzene rings is 1. The average molecular weight is 359 g/mol. The molecule has 0 aliphatic rings. The molecule has 0 aliphatic carbocycles. The summed E-state index contributed by atoms with van der Waals surface area (Å²) < 4.78 is 1.40. The first-order valence-electron chi connectivity index (χ1n) is 7.45. The van der Waals surface area contributed by atoms with E-state index in [2.05, 4.69) is 15.0 Å². The molecular weight excluding hydrogens is 344 g/mol. The van der Waals surface area contributed by atoms with Crippen molar-refractivity contribution in [2.45, 2.75) is 0 Å². The molecule has 2 aromatic heterocycles. The van der Waals surface area contributed by atoms with E-state index in [1.165, 1.54) is 10.8 Å². The third-order valence-electron chi connectivity index (χ3n) is 3.72. The Hall–Kier alpha value is -2.61. The molecule has 0 fully saturated rings. The number of hydrogen-bond donors (Lipinski definition) is 2. The highest BCUT2D eigenvalue weighted by Gasteiger charge is 2.13. The number of aromatic nitrogens is 3. The number of halogens is 1. The molecule has 2 heterocycles. The number of pyridine rings is 1. The van der Waals surface area contributed by atoms with Crippen molar-refractivity contribution in [1.82, 2.24) is 14.5 Å². The Morgan fingerprint density at radius 3 is 2.64 bits per heavy atom. The maximum absolute atomic E-state index is 12.7. The highest BCUT2D eigenvalue weighted by molar-refractivity contribution is 6.33. The molecule has 2 N–H and O–H groups in total. The van der Waals surface area contributed by atoms with Crippen LogP contribution in [0.5, 0.6) is 0 Å². The van der Waals surface area contributed by atoms with Gasteiger partial charge in [-0.15, -0.1) is 0 Å². The van der Waals surface area contributed by atoms with Crippen LogP contribution in [0.25, 0.3) is 22.2 Å². The van der Waals surface area contributed by atoms with Gasteiger partial charge in [-0.2, -0.15) is 4.98 Å². The van der Waals surface area contributed by atoms with Crippen molar-refractivity contribution < 1.29 is 10.2 Å². The van der Waals surface area contributed by atoms with Crippen LogP contribution < -0.4 is 5.56 Å². The largest absolute Gasteiger partial charge is 0.390 e. The summed E-state index contributed by atoms with van der Waals surface area (Å²) in [6.45, 7) is -0.801. The Kier molecular flexibility index (Phi) is 4.89. The number of aliphatic imine (C=N–C) groups is 1. The number of nitrogens with zero attached hydrogens (tertiary/aromatic N) is 4. The van der Waals surface area contributed by atoms with Crippen LogP contribution in [0.1, 0.15) is 0 Å². The predicted octanol–water partition coefficient (Wildman–Crippen LogP) is 1.71. The molecule has 3 rings (SSSR count). The minimum Gasteiger partial charge on any atom is -0.390 e. The van der Waals surface area contributed by atoms with Crippen molar-refractivity contribution in [1.29, 1.82) is 0 Å². The molecule has 8 heteroatoms. The summed E-state index contributed by atoms with van der Waals surface area (Å²) >= 11 is 6.20. The zero-order chi connectivity index (χ0) is 18.0. The van der Waals surface area contributed by atoms with Crippen molar-refractivity contribution in [3.8, 4) is 11.1 Å². The van der Waals surface area contributed by atoms with Gasteiger partial charge in [-0.05, 0) is 12.1 Å². The van der Waals surface area contributed by atoms with E-state index in [4.69, 9.17) is 21.8 Å². The van der Waals surface area contributed by atoms with Crippen LogP contribution >= 0.6 is 11.6 Å². The van der Waals surface area contributed by atoms with E-state index >= 15 is 0 Å². The van der Waals surface area contributed by atoms with Crippen LogP contribution in [0.4, 0.5) is 5.95 Å². The van der Waals surface area contributed by atoms with Crippen LogP contribution in [0.2, 0.25) is 5.02 Å². The molecule has 25 heavy (non-hydrogen) atoms. The Labute approximate surface area is 147 Å². The van der Waals surface area contributed by atoms with Crippen molar-refractivity contribution in [2.75, 3.05) is 13.2 Å². The van der Waals surface area contributed by atoms with Gasteiger partial charge in [0, 0.05) is 34.8 Å². The summed E-state index contributed by atoms with van der Waals surface area (Å²) in [7, 11) is 1.60. The molecule has 0 saturated carbocycles. The lowest BCUT2D eigenvalue weighted by Crippen LogP contribution is -2.20. The molecular formula is C17H15ClN4O3. The van der Waals surface area contributed by atoms with Gasteiger partial charge in [-0.1, -0.05) is 29.8 Å². The highest BCUT2D eigenvalue weighted by atomic mass is 35.5. The smallest absolute Gasteiger partial charge is 0.259 e. The molecule has 1 aromatic carbocycles. The molecule has 3 aromatic rings. The topological polar surface area (TPSA) is 101 Å². The van der Waals surface area contributed by atoms with Crippen LogP contribution in [-0.2, 0) is 7.05 Å². The molecule has 0 aliphatic heterocycles. The molecule has 0 spiro atoms. The standard InChI is InChI=1S/C17H15ClN4O3/c1-22-15-10(7-19-17(21-15)20-11(8-23)9-24)6-13(16(22)25)12-4-2-3-5-14(12)18/h2-7,23-24H,8-9H2,1H3. The number of aliphatic hydroxyl groups excluding tert-OH is 2. The van der Waals surface area contributed by atoms with Crippen LogP contribution in [-0.4, -0.2) is 43.7 Å². The Morgan fingerprint density at radius 2 is 1.96 bits per heavy atom. The Morgan fingerprint density at radius 1 is 1.24 bits per heavy atom. The fourth-order valence-electron chi connectivity index (χ4n) is 2.43. The van der Waals surface area contributed by atoms with Gasteiger partial charge in [0.2, 0.25) is 0 Å². The second-order valence-electron chi connectivity index (χ2n) is 5.35. The van der Waals surface area contributed by atoms with E-state index < -0.39 is 13.2 Å². The van der Waals surface area contributed by atoms with E-state index in [-0.39, 0.29) is 17.2 Å². The minimum absolute atomic E-state index is 0.0612. The molecule has 0 unspecified atom stereocenters. The number of rotatable bonds is 4. The molecule has 0 radical (unpaired) electrons. The van der Waals surface area contributed by atoms with Crippen LogP contribution in [0.15, 0.2) is 46.3 Å². The zero-order valence-corrected chi connectivity index (χ0v) is 14.1. The molecule has 0 saturated heterocycles. The normalized spacial score (nSPS) is 10.9. The quantitative estimate of drug-likeness (QED) is 0.691. The summed E-state index contributed by atoms with van der Waals surface area (Å²) in [5.41, 5.74) is 1.36. The predicted molar refractivity (Wildman–Crippen MR) is 96.5 cm³/mol. The lowest BCUT2D eigenvalue weighted by atomic mass is 10.1. The summed E-state index contributed by atoms with van der Waals surface area (Å²) in [6, 6.07) is 8.79. The minimum atomic E-state index is -0.401. The second-order valence-corrected chi connectivity index (χ2v) is 5.75. The van der Waals surface area contributed by atoms with Gasteiger partial charge in [0.05, 0.1) is 18.9 Å². The van der Waals surface area contributed by atoms with Gasteiger partial charge in [0.15, 0.2) is 0 Å². The molecule has 0 amide bonds. The zero-order valence-electron chi connectivity index (χ0n) is 13.3. The van der Waals surface area contributed by atoms with Crippen LogP contribution in [0, 0.1) is 0 Å². The first-order valence-corrected chi connectivity index (χ1v) is 7.82. The lowest BCUT2D eigenvalue weighted by molar-refractivity contribution is 0.319. The molecule has 0 atom stereocenters. The van der Waals surface area contributed by atoms with Crippen molar-refractivity contribution in [3.05, 3.63) is 51.9 Å². The highest BCUT2D eigenvalue weighted by Crippen LogP contribution is 2.27.